The Balaban J connectivity index is 1.69. The van der Waals surface area contributed by atoms with Crippen molar-refractivity contribution in [2.45, 2.75) is 60.8 Å². The van der Waals surface area contributed by atoms with Crippen molar-refractivity contribution >= 4 is 33.8 Å². The van der Waals surface area contributed by atoms with Gasteiger partial charge >= 0.3 is 17.9 Å². The molecule has 51 heavy (non-hydrogen) atoms. The van der Waals surface area contributed by atoms with Gasteiger partial charge in [-0.25, -0.2) is 14.4 Å². The van der Waals surface area contributed by atoms with Gasteiger partial charge in [0.05, 0.1) is 41.9 Å². The molecule has 0 spiro atoms. The predicted octanol–water partition coefficient (Wildman–Crippen LogP) is 9.21. The number of benzene rings is 3. The molecule has 0 N–H and O–H groups in total. The SMILES string of the molecule is CC(C)CCOC(=O)c1ccc(OCC(CBr)(COc2ccc(C(=O)OCCC(C)C)cc2)COc2ccc(C(=O)OCCC(C)C)cc2)cc1. The smallest absolute Gasteiger partial charge is 0.338 e. The number of hydrogen-bond acceptors (Lipinski definition) is 9. The lowest BCUT2D eigenvalue weighted by molar-refractivity contribution is 0.0478. The van der Waals surface area contributed by atoms with Crippen LogP contribution >= 0.6 is 15.9 Å². The molecule has 0 fully saturated rings. The Morgan fingerprint density at radius 2 is 0.745 bits per heavy atom. The molecule has 0 saturated heterocycles. The Morgan fingerprint density at radius 1 is 0.490 bits per heavy atom. The van der Waals surface area contributed by atoms with Gasteiger partial charge in [-0.3, -0.25) is 0 Å². The monoisotopic (exact) mass is 768 g/mol. The number of esters is 3. The Labute approximate surface area is 311 Å². The van der Waals surface area contributed by atoms with E-state index in [4.69, 9.17) is 28.4 Å². The van der Waals surface area contributed by atoms with Crippen LogP contribution in [0.25, 0.3) is 0 Å². The van der Waals surface area contributed by atoms with Gasteiger partial charge in [-0.05, 0) is 110 Å². The van der Waals surface area contributed by atoms with E-state index >= 15 is 0 Å². The molecule has 0 aliphatic heterocycles. The number of ether oxygens (including phenoxy) is 6. The Hall–Kier alpha value is -4.05. The summed E-state index contributed by atoms with van der Waals surface area (Å²) in [4.78, 5) is 37.3. The fourth-order valence-electron chi connectivity index (χ4n) is 4.42. The second kappa shape index (κ2) is 21.3. The van der Waals surface area contributed by atoms with Crippen molar-refractivity contribution < 1.29 is 42.8 Å². The first-order chi connectivity index (χ1) is 24.4. The first-order valence-corrected chi connectivity index (χ1v) is 18.8. The van der Waals surface area contributed by atoms with Crippen LogP contribution in [-0.4, -0.2) is 62.9 Å². The Bertz CT molecular complexity index is 1310. The summed E-state index contributed by atoms with van der Waals surface area (Å²) in [5, 5.41) is 0.459. The largest absolute Gasteiger partial charge is 0.493 e. The molecule has 278 valence electrons. The van der Waals surface area contributed by atoms with Crippen molar-refractivity contribution in [1.82, 2.24) is 0 Å². The van der Waals surface area contributed by atoms with Crippen molar-refractivity contribution in [2.24, 2.45) is 23.2 Å². The highest BCUT2D eigenvalue weighted by molar-refractivity contribution is 9.09. The lowest BCUT2D eigenvalue weighted by Gasteiger charge is -2.31. The summed E-state index contributed by atoms with van der Waals surface area (Å²) in [6, 6.07) is 20.5. The maximum Gasteiger partial charge on any atom is 0.338 e. The minimum atomic E-state index is -0.683. The first-order valence-electron chi connectivity index (χ1n) is 17.7. The lowest BCUT2D eigenvalue weighted by Crippen LogP contribution is -2.42. The standard InChI is InChI=1S/C41H53BrO9/c1-29(2)19-22-46-38(43)32-7-13-35(14-8-32)49-26-41(25-42,27-50-36-15-9-33(10-16-36)39(44)47-23-20-30(3)4)28-51-37-17-11-34(12-18-37)40(45)48-24-21-31(5)6/h7-18,29-31H,19-28H2,1-6H3. The van der Waals surface area contributed by atoms with Gasteiger partial charge in [-0.15, -0.1) is 0 Å². The topological polar surface area (TPSA) is 107 Å². The van der Waals surface area contributed by atoms with Crippen LogP contribution in [0, 0.1) is 23.2 Å². The molecule has 9 nitrogen and oxygen atoms in total. The van der Waals surface area contributed by atoms with Crippen LogP contribution in [-0.2, 0) is 14.2 Å². The number of hydrogen-bond donors (Lipinski definition) is 0. The van der Waals surface area contributed by atoms with Gasteiger partial charge in [0.25, 0.3) is 0 Å². The molecule has 0 bridgehead atoms. The molecule has 10 heteroatoms. The second-order valence-electron chi connectivity index (χ2n) is 14.0. The van der Waals surface area contributed by atoms with Crippen LogP contribution < -0.4 is 14.2 Å². The molecule has 0 aromatic heterocycles. The highest BCUT2D eigenvalue weighted by Gasteiger charge is 2.33. The van der Waals surface area contributed by atoms with Gasteiger partial charge in [-0.2, -0.15) is 0 Å². The fourth-order valence-corrected chi connectivity index (χ4v) is 4.91. The van der Waals surface area contributed by atoms with E-state index in [1.165, 1.54) is 0 Å². The van der Waals surface area contributed by atoms with E-state index in [1.54, 1.807) is 72.8 Å². The normalized spacial score (nSPS) is 11.4. The van der Waals surface area contributed by atoms with Crippen LogP contribution in [0.2, 0.25) is 0 Å². The van der Waals surface area contributed by atoms with Crippen LogP contribution in [0.15, 0.2) is 72.8 Å². The van der Waals surface area contributed by atoms with E-state index in [0.717, 1.165) is 19.3 Å². The molecular weight excluding hydrogens is 716 g/mol. The minimum absolute atomic E-state index is 0.205. The fraction of sp³-hybridized carbons (Fsp3) is 0.488. The maximum atomic E-state index is 12.4. The van der Waals surface area contributed by atoms with Crippen molar-refractivity contribution in [3.05, 3.63) is 89.5 Å². The van der Waals surface area contributed by atoms with Crippen LogP contribution in [0.4, 0.5) is 0 Å². The highest BCUT2D eigenvalue weighted by Crippen LogP contribution is 2.28. The minimum Gasteiger partial charge on any atom is -0.493 e. The summed E-state index contributed by atoms with van der Waals surface area (Å²) in [5.74, 6) is 1.93. The van der Waals surface area contributed by atoms with Gasteiger partial charge in [0.15, 0.2) is 0 Å². The average molecular weight is 770 g/mol. The summed E-state index contributed by atoms with van der Waals surface area (Å²) >= 11 is 3.66. The Morgan fingerprint density at radius 3 is 0.961 bits per heavy atom. The molecule has 0 atom stereocenters. The second-order valence-corrected chi connectivity index (χ2v) is 14.6. The summed E-state index contributed by atoms with van der Waals surface area (Å²) in [7, 11) is 0. The molecule has 3 rings (SSSR count). The third kappa shape index (κ3) is 15.0. The van der Waals surface area contributed by atoms with Gasteiger partial charge < -0.3 is 28.4 Å². The van der Waals surface area contributed by atoms with E-state index in [2.05, 4.69) is 57.5 Å². The summed E-state index contributed by atoms with van der Waals surface area (Å²) in [6.45, 7) is 14.2. The molecule has 0 aliphatic carbocycles. The summed E-state index contributed by atoms with van der Waals surface area (Å²) < 4.78 is 34.8. The van der Waals surface area contributed by atoms with Gasteiger partial charge in [0.2, 0.25) is 0 Å². The zero-order valence-electron chi connectivity index (χ0n) is 30.8. The molecule has 0 radical (unpaired) electrons. The average Bonchev–Trinajstić information content (AvgIpc) is 3.11. The molecular formula is C41H53BrO9. The van der Waals surface area contributed by atoms with E-state index in [-0.39, 0.29) is 37.7 Å². The zero-order chi connectivity index (χ0) is 37.2. The van der Waals surface area contributed by atoms with Gasteiger partial charge in [-0.1, -0.05) is 57.5 Å². The first kappa shape index (κ1) is 41.4. The molecule has 0 aliphatic rings. The predicted molar refractivity (Wildman–Crippen MR) is 201 cm³/mol. The van der Waals surface area contributed by atoms with E-state index < -0.39 is 5.41 Å². The zero-order valence-corrected chi connectivity index (χ0v) is 32.4. The molecule has 0 amide bonds. The molecule has 0 saturated carbocycles. The quantitative estimate of drug-likeness (QED) is 0.0562. The van der Waals surface area contributed by atoms with Crippen LogP contribution in [0.5, 0.6) is 17.2 Å². The van der Waals surface area contributed by atoms with Crippen LogP contribution in [0.1, 0.15) is 91.9 Å². The highest BCUT2D eigenvalue weighted by atomic mass is 79.9. The summed E-state index contributed by atoms with van der Waals surface area (Å²) in [5.41, 5.74) is 0.661. The van der Waals surface area contributed by atoms with E-state index in [1.807, 2.05) is 0 Å². The maximum absolute atomic E-state index is 12.4. The number of rotatable bonds is 22. The third-order valence-corrected chi connectivity index (χ3v) is 9.16. The number of alkyl halides is 1. The molecule has 0 unspecified atom stereocenters. The van der Waals surface area contributed by atoms with Crippen molar-refractivity contribution in [2.75, 3.05) is 45.0 Å². The molecule has 3 aromatic carbocycles. The molecule has 3 aromatic rings. The van der Waals surface area contributed by atoms with Crippen molar-refractivity contribution in [3.8, 4) is 17.2 Å². The lowest BCUT2D eigenvalue weighted by atomic mass is 9.94. The number of carbonyl (C=O) groups is 3. The third-order valence-electron chi connectivity index (χ3n) is 7.97. The van der Waals surface area contributed by atoms with Crippen LogP contribution in [0.3, 0.4) is 0 Å². The van der Waals surface area contributed by atoms with Gasteiger partial charge in [0, 0.05) is 5.33 Å². The van der Waals surface area contributed by atoms with Gasteiger partial charge in [0.1, 0.15) is 37.1 Å². The Kier molecular flexibility index (Phi) is 17.3. The van der Waals surface area contributed by atoms with E-state index in [0.29, 0.717) is 76.8 Å². The molecule has 0 heterocycles. The van der Waals surface area contributed by atoms with Crippen molar-refractivity contribution in [3.63, 3.8) is 0 Å². The number of halogens is 1. The van der Waals surface area contributed by atoms with Crippen molar-refractivity contribution in [1.29, 1.82) is 0 Å². The van der Waals surface area contributed by atoms with E-state index in [9.17, 15) is 14.4 Å². The number of carbonyl (C=O) groups excluding carboxylic acids is 3. The summed E-state index contributed by atoms with van der Waals surface area (Å²) in [6.07, 6.45) is 2.40.